The summed E-state index contributed by atoms with van der Waals surface area (Å²) in [5.41, 5.74) is 1.45. The maximum absolute atomic E-state index is 12.9. The van der Waals surface area contributed by atoms with Crippen molar-refractivity contribution in [3.63, 3.8) is 0 Å². The Labute approximate surface area is 159 Å². The summed E-state index contributed by atoms with van der Waals surface area (Å²) >= 11 is 0. The molecule has 1 aliphatic rings. The number of hydrazone groups is 1. The number of sulfonamides is 1. The van der Waals surface area contributed by atoms with Crippen LogP contribution >= 0.6 is 0 Å². The largest absolute Gasteiger partial charge is 0.352 e. The first-order valence-corrected chi connectivity index (χ1v) is 10.5. The van der Waals surface area contributed by atoms with Crippen molar-refractivity contribution in [1.82, 2.24) is 9.73 Å². The molecule has 2 aromatic rings. The Morgan fingerprint density at radius 1 is 0.963 bits per heavy atom. The van der Waals surface area contributed by atoms with E-state index in [0.717, 1.165) is 24.8 Å². The van der Waals surface area contributed by atoms with Crippen molar-refractivity contribution < 1.29 is 13.2 Å². The van der Waals surface area contributed by atoms with Gasteiger partial charge in [0.1, 0.15) is 0 Å². The number of carbonyl (C=O) groups excluding carboxylic acids is 1. The van der Waals surface area contributed by atoms with Crippen molar-refractivity contribution in [2.24, 2.45) is 5.10 Å². The minimum absolute atomic E-state index is 0.113. The number of aryl methyl sites for hydroxylation is 1. The molecule has 1 fully saturated rings. The van der Waals surface area contributed by atoms with Gasteiger partial charge in [0.05, 0.1) is 4.90 Å². The van der Waals surface area contributed by atoms with E-state index in [4.69, 9.17) is 0 Å². The van der Waals surface area contributed by atoms with Crippen molar-refractivity contribution in [3.05, 3.63) is 65.7 Å². The monoisotopic (exact) mass is 385 g/mol. The average molecular weight is 385 g/mol. The van der Waals surface area contributed by atoms with Crippen LogP contribution in [0, 0.1) is 6.92 Å². The number of hydrogen-bond donors (Lipinski definition) is 1. The molecule has 6 nitrogen and oxygen atoms in total. The number of nitrogens with one attached hydrogen (secondary N) is 1. The Morgan fingerprint density at radius 2 is 1.59 bits per heavy atom. The number of carbonyl (C=O) groups is 1. The fraction of sp³-hybridized carbons (Fsp3) is 0.300. The first-order valence-electron chi connectivity index (χ1n) is 8.98. The number of hydrogen-bond acceptors (Lipinski definition) is 4. The highest BCUT2D eigenvalue weighted by atomic mass is 32.2. The summed E-state index contributed by atoms with van der Waals surface area (Å²) in [6, 6.07) is 15.3. The van der Waals surface area contributed by atoms with Crippen LogP contribution in [0.5, 0.6) is 0 Å². The van der Waals surface area contributed by atoms with Crippen molar-refractivity contribution in [2.75, 3.05) is 13.1 Å². The van der Waals surface area contributed by atoms with E-state index in [1.54, 1.807) is 36.4 Å². The molecule has 1 N–H and O–H groups in total. The maximum Gasteiger partial charge on any atom is 0.276 e. The smallest absolute Gasteiger partial charge is 0.276 e. The predicted octanol–water partition coefficient (Wildman–Crippen LogP) is 2.96. The maximum atomic E-state index is 12.9. The summed E-state index contributed by atoms with van der Waals surface area (Å²) in [6.45, 7) is 3.25. The summed E-state index contributed by atoms with van der Waals surface area (Å²) in [5.74, 6) is -0.152. The van der Waals surface area contributed by atoms with E-state index in [0.29, 0.717) is 18.7 Å². The normalized spacial score (nSPS) is 15.4. The molecule has 0 atom stereocenters. The lowest BCUT2D eigenvalue weighted by molar-refractivity contribution is 0.104. The van der Waals surface area contributed by atoms with Gasteiger partial charge in [-0.15, -0.1) is 5.10 Å². The first kappa shape index (κ1) is 19.1. The topological polar surface area (TPSA) is 78.8 Å². The number of likely N-dealkylation sites (tertiary alicyclic amines) is 1. The van der Waals surface area contributed by atoms with Gasteiger partial charge < -0.3 is 4.90 Å². The van der Waals surface area contributed by atoms with Gasteiger partial charge in [-0.2, -0.15) is 13.2 Å². The fourth-order valence-corrected chi connectivity index (χ4v) is 3.77. The van der Waals surface area contributed by atoms with Gasteiger partial charge >= 0.3 is 0 Å². The molecule has 0 aliphatic carbocycles. The summed E-state index contributed by atoms with van der Waals surface area (Å²) in [4.78, 5) is 17.1. The Balaban J connectivity index is 1.89. The minimum Gasteiger partial charge on any atom is -0.352 e. The van der Waals surface area contributed by atoms with E-state index >= 15 is 0 Å². The standard InChI is InChI=1S/C20H23N3O3S/c1-16-10-12-18(13-11-16)27(25,26)22-21-20(23-14-6-3-7-15-23)19(24)17-8-4-2-5-9-17/h2,4-5,8-13,22H,3,6-7,14-15H2,1H3. The lowest BCUT2D eigenvalue weighted by Gasteiger charge is -2.28. The van der Waals surface area contributed by atoms with Gasteiger partial charge in [-0.25, -0.2) is 0 Å². The van der Waals surface area contributed by atoms with Gasteiger partial charge in [0.2, 0.25) is 5.78 Å². The SMILES string of the molecule is Cc1ccc(S(=O)(=O)NN=C(C(=O)c2ccccc2)N2CCCCC2)cc1. The molecule has 142 valence electrons. The molecule has 2 aromatic carbocycles. The number of ketones is 1. The van der Waals surface area contributed by atoms with Crippen LogP contribution in [-0.4, -0.2) is 38.0 Å². The lowest BCUT2D eigenvalue weighted by Crippen LogP contribution is -2.42. The van der Waals surface area contributed by atoms with Gasteiger partial charge in [-0.3, -0.25) is 4.79 Å². The summed E-state index contributed by atoms with van der Waals surface area (Å²) in [7, 11) is -3.84. The van der Waals surface area contributed by atoms with E-state index in [1.807, 2.05) is 17.9 Å². The van der Waals surface area contributed by atoms with Crippen LogP contribution in [-0.2, 0) is 10.0 Å². The summed E-state index contributed by atoms with van der Waals surface area (Å²) in [6.07, 6.45) is 3.00. The number of benzene rings is 2. The molecular formula is C20H23N3O3S. The first-order chi connectivity index (χ1) is 13.0. The molecule has 1 heterocycles. The lowest BCUT2D eigenvalue weighted by atomic mass is 10.1. The molecule has 27 heavy (non-hydrogen) atoms. The Morgan fingerprint density at radius 3 is 2.22 bits per heavy atom. The van der Waals surface area contributed by atoms with Crippen LogP contribution in [0.25, 0.3) is 0 Å². The second-order valence-electron chi connectivity index (χ2n) is 6.59. The number of amidine groups is 1. The van der Waals surface area contributed by atoms with E-state index in [-0.39, 0.29) is 16.5 Å². The molecule has 3 rings (SSSR count). The molecule has 1 aliphatic heterocycles. The molecule has 0 amide bonds. The van der Waals surface area contributed by atoms with Gasteiger partial charge in [-0.05, 0) is 38.3 Å². The van der Waals surface area contributed by atoms with E-state index in [9.17, 15) is 13.2 Å². The zero-order valence-corrected chi connectivity index (χ0v) is 16.1. The summed E-state index contributed by atoms with van der Waals surface area (Å²) in [5, 5.41) is 4.05. The Hall–Kier alpha value is -2.67. The van der Waals surface area contributed by atoms with Crippen molar-refractivity contribution in [1.29, 1.82) is 0 Å². The van der Waals surface area contributed by atoms with Gasteiger partial charge in [0.25, 0.3) is 10.0 Å². The van der Waals surface area contributed by atoms with Crippen molar-refractivity contribution in [2.45, 2.75) is 31.1 Å². The van der Waals surface area contributed by atoms with Crippen LogP contribution in [0.3, 0.4) is 0 Å². The number of rotatable bonds is 5. The van der Waals surface area contributed by atoms with Gasteiger partial charge in [0.15, 0.2) is 5.84 Å². The zero-order chi connectivity index (χ0) is 19.3. The molecule has 0 radical (unpaired) electrons. The van der Waals surface area contributed by atoms with Crippen LogP contribution in [0.4, 0.5) is 0 Å². The Bertz CT molecular complexity index is 917. The van der Waals surface area contributed by atoms with Gasteiger partial charge in [-0.1, -0.05) is 48.0 Å². The molecule has 1 saturated heterocycles. The third kappa shape index (κ3) is 4.74. The minimum atomic E-state index is -3.84. The number of nitrogens with zero attached hydrogens (tertiary/aromatic N) is 2. The zero-order valence-electron chi connectivity index (χ0n) is 15.3. The van der Waals surface area contributed by atoms with E-state index < -0.39 is 10.0 Å². The molecule has 0 spiro atoms. The van der Waals surface area contributed by atoms with Crippen LogP contribution in [0.1, 0.15) is 35.2 Å². The highest BCUT2D eigenvalue weighted by molar-refractivity contribution is 7.89. The number of Topliss-reactive ketones (excluding diaryl/α,β-unsaturated/α-hetero) is 1. The van der Waals surface area contributed by atoms with E-state index in [1.165, 1.54) is 12.1 Å². The van der Waals surface area contributed by atoms with Crippen LogP contribution in [0.2, 0.25) is 0 Å². The third-order valence-electron chi connectivity index (χ3n) is 4.50. The summed E-state index contributed by atoms with van der Waals surface area (Å²) < 4.78 is 25.1. The predicted molar refractivity (Wildman–Crippen MR) is 105 cm³/mol. The molecule has 0 aromatic heterocycles. The second kappa shape index (κ2) is 8.35. The molecule has 0 saturated carbocycles. The highest BCUT2D eigenvalue weighted by Crippen LogP contribution is 2.14. The quantitative estimate of drug-likeness (QED) is 0.371. The average Bonchev–Trinajstić information content (AvgIpc) is 2.70. The van der Waals surface area contributed by atoms with Crippen molar-refractivity contribution >= 4 is 21.6 Å². The highest BCUT2D eigenvalue weighted by Gasteiger charge is 2.24. The third-order valence-corrected chi connectivity index (χ3v) is 5.72. The molecule has 7 heteroatoms. The van der Waals surface area contributed by atoms with Crippen LogP contribution < -0.4 is 4.83 Å². The molecule has 0 unspecified atom stereocenters. The molecular weight excluding hydrogens is 362 g/mol. The van der Waals surface area contributed by atoms with Crippen LogP contribution in [0.15, 0.2) is 64.6 Å². The number of piperidine rings is 1. The Kier molecular flexibility index (Phi) is 5.91. The van der Waals surface area contributed by atoms with Crippen molar-refractivity contribution in [3.8, 4) is 0 Å². The fourth-order valence-electron chi connectivity index (χ4n) is 2.96. The molecule has 0 bridgehead atoms. The van der Waals surface area contributed by atoms with E-state index in [2.05, 4.69) is 9.93 Å². The van der Waals surface area contributed by atoms with Gasteiger partial charge in [0, 0.05) is 18.7 Å². The second-order valence-corrected chi connectivity index (χ2v) is 8.25.